The molecule has 0 aromatic heterocycles. The molecular formula is C16H31NO2. The van der Waals surface area contributed by atoms with Gasteiger partial charge in [0, 0.05) is 24.1 Å². The smallest absolute Gasteiger partial charge is 0.0661 e. The van der Waals surface area contributed by atoms with Crippen LogP contribution in [0.1, 0.15) is 59.3 Å². The van der Waals surface area contributed by atoms with E-state index in [0.717, 1.165) is 13.0 Å². The van der Waals surface area contributed by atoms with Gasteiger partial charge in [0.25, 0.3) is 0 Å². The maximum atomic E-state index is 9.53. The van der Waals surface area contributed by atoms with Crippen molar-refractivity contribution in [1.82, 2.24) is 5.32 Å². The number of rotatable bonds is 6. The Morgan fingerprint density at radius 3 is 2.47 bits per heavy atom. The van der Waals surface area contributed by atoms with Crippen molar-refractivity contribution in [2.24, 2.45) is 11.3 Å². The summed E-state index contributed by atoms with van der Waals surface area (Å²) in [6, 6.07) is 0.773. The van der Waals surface area contributed by atoms with Gasteiger partial charge in [0.1, 0.15) is 0 Å². The Labute approximate surface area is 118 Å². The van der Waals surface area contributed by atoms with Crippen LogP contribution < -0.4 is 5.32 Å². The molecule has 112 valence electrons. The molecule has 19 heavy (non-hydrogen) atoms. The second-order valence-corrected chi connectivity index (χ2v) is 6.73. The minimum atomic E-state index is 0.228. The van der Waals surface area contributed by atoms with E-state index in [1.54, 1.807) is 0 Å². The summed E-state index contributed by atoms with van der Waals surface area (Å²) in [4.78, 5) is 0. The molecule has 2 rings (SSSR count). The van der Waals surface area contributed by atoms with Crippen LogP contribution in [0.25, 0.3) is 0 Å². The molecule has 0 aromatic carbocycles. The fourth-order valence-electron chi connectivity index (χ4n) is 4.01. The van der Waals surface area contributed by atoms with Crippen molar-refractivity contribution in [2.75, 3.05) is 13.2 Å². The molecular weight excluding hydrogens is 238 g/mol. The number of aliphatic hydroxyl groups excluding tert-OH is 1. The zero-order chi connectivity index (χ0) is 13.9. The van der Waals surface area contributed by atoms with Gasteiger partial charge in [-0.2, -0.15) is 0 Å². The van der Waals surface area contributed by atoms with Crippen molar-refractivity contribution in [3.63, 3.8) is 0 Å². The van der Waals surface area contributed by atoms with Crippen molar-refractivity contribution in [2.45, 2.75) is 77.5 Å². The van der Waals surface area contributed by atoms with Gasteiger partial charge in [0.2, 0.25) is 0 Å². The normalized spacial score (nSPS) is 31.4. The van der Waals surface area contributed by atoms with Crippen LogP contribution in [0.2, 0.25) is 0 Å². The van der Waals surface area contributed by atoms with Gasteiger partial charge >= 0.3 is 0 Å². The van der Waals surface area contributed by atoms with Gasteiger partial charge in [-0.3, -0.25) is 0 Å². The van der Waals surface area contributed by atoms with Crippen molar-refractivity contribution < 1.29 is 9.84 Å². The number of aliphatic hydroxyl groups is 1. The third-order valence-electron chi connectivity index (χ3n) is 5.35. The predicted octanol–water partition coefficient (Wildman–Crippen LogP) is 2.72. The van der Waals surface area contributed by atoms with Gasteiger partial charge in [-0.05, 0) is 32.1 Å². The molecule has 3 heteroatoms. The minimum absolute atomic E-state index is 0.228. The maximum absolute atomic E-state index is 9.53. The highest BCUT2D eigenvalue weighted by Gasteiger charge is 2.55. The number of hydrogen-bond donors (Lipinski definition) is 2. The second kappa shape index (κ2) is 6.55. The van der Waals surface area contributed by atoms with E-state index in [4.69, 9.17) is 4.74 Å². The zero-order valence-electron chi connectivity index (χ0n) is 12.8. The molecule has 2 aliphatic rings. The van der Waals surface area contributed by atoms with E-state index in [0.29, 0.717) is 23.5 Å². The standard InChI is InChI=1S/C16H31NO2/c1-4-19-15-10-14(17-13(11-18)12(2)3)16(15)8-6-5-7-9-16/h12-15,17-18H,4-11H2,1-3H3/t13-,14?,15?/m1/s1. The molecule has 0 amide bonds. The van der Waals surface area contributed by atoms with Gasteiger partial charge in [-0.15, -0.1) is 0 Å². The average molecular weight is 269 g/mol. The lowest BCUT2D eigenvalue weighted by Crippen LogP contribution is -2.66. The van der Waals surface area contributed by atoms with E-state index in [1.807, 2.05) is 0 Å². The van der Waals surface area contributed by atoms with Crippen LogP contribution >= 0.6 is 0 Å². The Morgan fingerprint density at radius 2 is 1.95 bits per heavy atom. The highest BCUT2D eigenvalue weighted by molar-refractivity contribution is 5.09. The van der Waals surface area contributed by atoms with Crippen LogP contribution in [0.15, 0.2) is 0 Å². The summed E-state index contributed by atoms with van der Waals surface area (Å²) in [7, 11) is 0. The monoisotopic (exact) mass is 269 g/mol. The lowest BCUT2D eigenvalue weighted by Gasteiger charge is -2.58. The molecule has 3 atom stereocenters. The molecule has 0 aliphatic heterocycles. The number of nitrogens with one attached hydrogen (secondary N) is 1. The van der Waals surface area contributed by atoms with Crippen molar-refractivity contribution in [3.05, 3.63) is 0 Å². The van der Waals surface area contributed by atoms with Crippen molar-refractivity contribution in [3.8, 4) is 0 Å². The quantitative estimate of drug-likeness (QED) is 0.779. The zero-order valence-corrected chi connectivity index (χ0v) is 12.8. The maximum Gasteiger partial charge on any atom is 0.0661 e. The molecule has 0 heterocycles. The summed E-state index contributed by atoms with van der Waals surface area (Å²) in [5.41, 5.74) is 0.358. The Bertz CT molecular complexity index is 274. The van der Waals surface area contributed by atoms with Gasteiger partial charge in [-0.1, -0.05) is 33.1 Å². The molecule has 0 saturated heterocycles. The van der Waals surface area contributed by atoms with Crippen molar-refractivity contribution in [1.29, 1.82) is 0 Å². The third kappa shape index (κ3) is 2.98. The average Bonchev–Trinajstić information content (AvgIpc) is 2.42. The Morgan fingerprint density at radius 1 is 1.26 bits per heavy atom. The summed E-state index contributed by atoms with van der Waals surface area (Å²) in [6.45, 7) is 7.53. The number of ether oxygens (including phenoxy) is 1. The summed E-state index contributed by atoms with van der Waals surface area (Å²) < 4.78 is 5.97. The Balaban J connectivity index is 2.00. The molecule has 2 unspecified atom stereocenters. The molecule has 2 aliphatic carbocycles. The summed E-state index contributed by atoms with van der Waals surface area (Å²) >= 11 is 0. The van der Waals surface area contributed by atoms with E-state index < -0.39 is 0 Å². The van der Waals surface area contributed by atoms with Gasteiger partial charge in [0.05, 0.1) is 12.7 Å². The fourth-order valence-corrected chi connectivity index (χ4v) is 4.01. The first kappa shape index (κ1) is 15.3. The topological polar surface area (TPSA) is 41.5 Å². The Kier molecular flexibility index (Phi) is 5.27. The molecule has 1 spiro atoms. The van der Waals surface area contributed by atoms with E-state index in [1.165, 1.54) is 32.1 Å². The van der Waals surface area contributed by atoms with Gasteiger partial charge in [-0.25, -0.2) is 0 Å². The summed E-state index contributed by atoms with van der Waals surface area (Å²) in [5, 5.41) is 13.2. The molecule has 0 radical (unpaired) electrons. The van der Waals surface area contributed by atoms with Crippen LogP contribution in [-0.2, 0) is 4.74 Å². The van der Waals surface area contributed by atoms with Crippen LogP contribution in [0.3, 0.4) is 0 Å². The largest absolute Gasteiger partial charge is 0.395 e. The first-order chi connectivity index (χ1) is 9.14. The van der Waals surface area contributed by atoms with Crippen molar-refractivity contribution >= 4 is 0 Å². The van der Waals surface area contributed by atoms with E-state index in [9.17, 15) is 5.11 Å². The SMILES string of the molecule is CCOC1CC(N[C@H](CO)C(C)C)C12CCCCC2. The molecule has 0 aromatic rings. The summed E-state index contributed by atoms with van der Waals surface area (Å²) in [6.07, 6.45) is 8.22. The predicted molar refractivity (Wildman–Crippen MR) is 78.2 cm³/mol. The first-order valence-corrected chi connectivity index (χ1v) is 8.12. The number of hydrogen-bond acceptors (Lipinski definition) is 3. The highest BCUT2D eigenvalue weighted by Crippen LogP contribution is 2.53. The highest BCUT2D eigenvalue weighted by atomic mass is 16.5. The molecule has 2 fully saturated rings. The molecule has 2 saturated carbocycles. The minimum Gasteiger partial charge on any atom is -0.395 e. The lowest BCUT2D eigenvalue weighted by molar-refractivity contribution is -0.153. The van der Waals surface area contributed by atoms with Crippen LogP contribution in [0.4, 0.5) is 0 Å². The Hall–Kier alpha value is -0.120. The van der Waals surface area contributed by atoms with Crippen LogP contribution in [0.5, 0.6) is 0 Å². The van der Waals surface area contributed by atoms with Crippen LogP contribution in [-0.4, -0.2) is 36.5 Å². The summed E-state index contributed by atoms with van der Waals surface area (Å²) in [5.74, 6) is 0.483. The second-order valence-electron chi connectivity index (χ2n) is 6.73. The lowest BCUT2D eigenvalue weighted by atomic mass is 9.55. The third-order valence-corrected chi connectivity index (χ3v) is 5.35. The van der Waals surface area contributed by atoms with Crippen LogP contribution in [0, 0.1) is 11.3 Å². The van der Waals surface area contributed by atoms with E-state index in [-0.39, 0.29) is 12.6 Å². The molecule has 0 bridgehead atoms. The van der Waals surface area contributed by atoms with Gasteiger partial charge in [0.15, 0.2) is 0 Å². The van der Waals surface area contributed by atoms with Gasteiger partial charge < -0.3 is 15.2 Å². The molecule has 2 N–H and O–H groups in total. The first-order valence-electron chi connectivity index (χ1n) is 8.12. The van der Waals surface area contributed by atoms with E-state index in [2.05, 4.69) is 26.1 Å². The fraction of sp³-hybridized carbons (Fsp3) is 1.00. The van der Waals surface area contributed by atoms with E-state index >= 15 is 0 Å². The molecule has 3 nitrogen and oxygen atoms in total.